The van der Waals surface area contributed by atoms with Gasteiger partial charge >= 0.3 is 0 Å². The van der Waals surface area contributed by atoms with E-state index in [4.69, 9.17) is 4.74 Å². The zero-order chi connectivity index (χ0) is 14.8. The largest absolute Gasteiger partial charge is 0.390 e. The van der Waals surface area contributed by atoms with Crippen LogP contribution in [-0.2, 0) is 11.2 Å². The number of hydrogen-bond acceptors (Lipinski definition) is 3. The van der Waals surface area contributed by atoms with Crippen molar-refractivity contribution < 1.29 is 9.84 Å². The average Bonchev–Trinajstić information content (AvgIpc) is 2.96. The normalized spacial score (nSPS) is 20.2. The number of aliphatic hydroxyl groups is 1. The molecule has 0 bridgehead atoms. The molecule has 4 heteroatoms. The van der Waals surface area contributed by atoms with Gasteiger partial charge in [0.05, 0.1) is 23.9 Å². The number of ether oxygens (including phenoxy) is 1. The van der Waals surface area contributed by atoms with Gasteiger partial charge in [0.2, 0.25) is 0 Å². The highest BCUT2D eigenvalue weighted by atomic mass is 16.5. The Morgan fingerprint density at radius 1 is 1.40 bits per heavy atom. The van der Waals surface area contributed by atoms with Gasteiger partial charge < -0.3 is 9.84 Å². The molecule has 4 nitrogen and oxygen atoms in total. The maximum Gasteiger partial charge on any atom is 0.0882 e. The molecule has 0 aromatic carbocycles. The number of methoxy groups -OCH3 is 1. The van der Waals surface area contributed by atoms with Crippen molar-refractivity contribution in [1.82, 2.24) is 9.78 Å². The van der Waals surface area contributed by atoms with Gasteiger partial charge in [0.15, 0.2) is 0 Å². The van der Waals surface area contributed by atoms with Crippen LogP contribution in [0.25, 0.3) is 0 Å². The zero-order valence-corrected chi connectivity index (χ0v) is 13.2. The van der Waals surface area contributed by atoms with Crippen LogP contribution in [0.5, 0.6) is 0 Å². The third-order valence-corrected chi connectivity index (χ3v) is 4.24. The van der Waals surface area contributed by atoms with Crippen LogP contribution in [0.2, 0.25) is 0 Å². The van der Waals surface area contributed by atoms with Gasteiger partial charge in [0.25, 0.3) is 0 Å². The summed E-state index contributed by atoms with van der Waals surface area (Å²) in [4.78, 5) is 0. The summed E-state index contributed by atoms with van der Waals surface area (Å²) in [5.74, 6) is 0. The fourth-order valence-corrected chi connectivity index (χ4v) is 3.27. The third-order valence-electron chi connectivity index (χ3n) is 4.24. The van der Waals surface area contributed by atoms with E-state index < -0.39 is 6.10 Å². The molecule has 0 amide bonds. The molecule has 114 valence electrons. The van der Waals surface area contributed by atoms with Crippen LogP contribution >= 0.6 is 0 Å². The molecular weight excluding hydrogens is 252 g/mol. The topological polar surface area (TPSA) is 47.3 Å². The van der Waals surface area contributed by atoms with Crippen molar-refractivity contribution in [2.45, 2.75) is 71.1 Å². The Morgan fingerprint density at radius 2 is 2.05 bits per heavy atom. The van der Waals surface area contributed by atoms with Crippen LogP contribution in [0.1, 0.15) is 58.2 Å². The minimum atomic E-state index is -0.521. The van der Waals surface area contributed by atoms with Gasteiger partial charge in [-0.3, -0.25) is 4.68 Å². The lowest BCUT2D eigenvalue weighted by atomic mass is 9.84. The van der Waals surface area contributed by atoms with Crippen molar-refractivity contribution in [3.05, 3.63) is 18.0 Å². The lowest BCUT2D eigenvalue weighted by Gasteiger charge is -2.32. The summed E-state index contributed by atoms with van der Waals surface area (Å²) >= 11 is 0. The molecule has 20 heavy (non-hydrogen) atoms. The highest BCUT2D eigenvalue weighted by Crippen LogP contribution is 2.29. The summed E-state index contributed by atoms with van der Waals surface area (Å²) in [6.45, 7) is 6.25. The van der Waals surface area contributed by atoms with Crippen LogP contribution < -0.4 is 0 Å². The molecule has 1 aliphatic rings. The van der Waals surface area contributed by atoms with Gasteiger partial charge in [-0.25, -0.2) is 0 Å². The first-order valence-corrected chi connectivity index (χ1v) is 7.66. The number of aliphatic hydroxyl groups excluding tert-OH is 1. The number of aromatic nitrogens is 2. The fourth-order valence-electron chi connectivity index (χ4n) is 3.27. The Labute approximate surface area is 122 Å². The molecule has 2 atom stereocenters. The summed E-state index contributed by atoms with van der Waals surface area (Å²) < 4.78 is 7.55. The highest BCUT2D eigenvalue weighted by molar-refractivity contribution is 5.03. The van der Waals surface area contributed by atoms with Crippen molar-refractivity contribution >= 4 is 0 Å². The van der Waals surface area contributed by atoms with E-state index in [1.54, 1.807) is 7.11 Å². The first kappa shape index (κ1) is 15.5. The molecule has 1 saturated carbocycles. The monoisotopic (exact) mass is 280 g/mol. The van der Waals surface area contributed by atoms with E-state index in [9.17, 15) is 5.11 Å². The van der Waals surface area contributed by atoms with E-state index in [2.05, 4.69) is 36.7 Å². The second-order valence-electron chi connectivity index (χ2n) is 7.02. The van der Waals surface area contributed by atoms with Crippen LogP contribution in [0, 0.1) is 5.41 Å². The Morgan fingerprint density at radius 3 is 2.60 bits per heavy atom. The summed E-state index contributed by atoms with van der Waals surface area (Å²) in [6, 6.07) is 2.58. The van der Waals surface area contributed by atoms with Crippen LogP contribution in [0.15, 0.2) is 12.3 Å². The minimum Gasteiger partial charge on any atom is -0.390 e. The van der Waals surface area contributed by atoms with Gasteiger partial charge in [-0.1, -0.05) is 33.6 Å². The summed E-state index contributed by atoms with van der Waals surface area (Å²) in [7, 11) is 1.66. The average molecular weight is 280 g/mol. The predicted octanol–water partition coefficient (Wildman–Crippen LogP) is 2.96. The van der Waals surface area contributed by atoms with E-state index in [1.165, 1.54) is 25.7 Å². The van der Waals surface area contributed by atoms with Crippen LogP contribution in [0.4, 0.5) is 0 Å². The van der Waals surface area contributed by atoms with Crippen molar-refractivity contribution in [2.75, 3.05) is 7.11 Å². The van der Waals surface area contributed by atoms with Gasteiger partial charge in [-0.15, -0.1) is 0 Å². The summed E-state index contributed by atoms with van der Waals surface area (Å²) in [6.07, 6.45) is 6.97. The maximum absolute atomic E-state index is 10.4. The van der Waals surface area contributed by atoms with E-state index in [-0.39, 0.29) is 11.5 Å². The Bertz CT molecular complexity index is 416. The first-order valence-electron chi connectivity index (χ1n) is 7.66. The fraction of sp³-hybridized carbons (Fsp3) is 0.812. The van der Waals surface area contributed by atoms with Crippen LogP contribution in [-0.4, -0.2) is 34.2 Å². The second-order valence-corrected chi connectivity index (χ2v) is 7.02. The molecule has 1 fully saturated rings. The second kappa shape index (κ2) is 6.27. The van der Waals surface area contributed by atoms with Crippen molar-refractivity contribution in [3.8, 4) is 0 Å². The molecule has 1 aliphatic carbocycles. The molecule has 0 aliphatic heterocycles. The summed E-state index contributed by atoms with van der Waals surface area (Å²) in [5.41, 5.74) is 0.873. The molecule has 1 aromatic heterocycles. The van der Waals surface area contributed by atoms with E-state index >= 15 is 0 Å². The molecule has 1 N–H and O–H groups in total. The van der Waals surface area contributed by atoms with Gasteiger partial charge in [0, 0.05) is 19.7 Å². The molecule has 2 rings (SSSR count). The zero-order valence-electron chi connectivity index (χ0n) is 13.2. The predicted molar refractivity (Wildman–Crippen MR) is 79.7 cm³/mol. The lowest BCUT2D eigenvalue weighted by Crippen LogP contribution is -2.40. The highest BCUT2D eigenvalue weighted by Gasteiger charge is 2.31. The van der Waals surface area contributed by atoms with E-state index in [0.717, 1.165) is 5.69 Å². The van der Waals surface area contributed by atoms with Crippen molar-refractivity contribution in [1.29, 1.82) is 0 Å². The van der Waals surface area contributed by atoms with Crippen molar-refractivity contribution in [2.24, 2.45) is 5.41 Å². The standard InChI is InChI=1S/C16H28N2O2/c1-16(2,3)15(20-4)14(19)11-12-9-10-18(17-12)13-7-5-6-8-13/h9-10,13-15,19H,5-8,11H2,1-4H3. The molecule has 0 radical (unpaired) electrons. The first-order chi connectivity index (χ1) is 9.41. The SMILES string of the molecule is COC(C(O)Cc1ccn(C2CCCC2)n1)C(C)(C)C. The molecule has 2 unspecified atom stereocenters. The number of hydrogen-bond donors (Lipinski definition) is 1. The molecule has 0 spiro atoms. The van der Waals surface area contributed by atoms with Gasteiger partial charge in [0.1, 0.15) is 0 Å². The third kappa shape index (κ3) is 3.61. The molecule has 1 heterocycles. The maximum atomic E-state index is 10.4. The Balaban J connectivity index is 1.98. The molecule has 0 saturated heterocycles. The van der Waals surface area contributed by atoms with Crippen molar-refractivity contribution in [3.63, 3.8) is 0 Å². The molecular formula is C16H28N2O2. The Hall–Kier alpha value is -0.870. The number of nitrogens with zero attached hydrogens (tertiary/aromatic N) is 2. The van der Waals surface area contributed by atoms with E-state index in [1.807, 2.05) is 6.07 Å². The minimum absolute atomic E-state index is 0.0812. The lowest BCUT2D eigenvalue weighted by molar-refractivity contribution is -0.0702. The van der Waals surface area contributed by atoms with Crippen LogP contribution in [0.3, 0.4) is 0 Å². The smallest absolute Gasteiger partial charge is 0.0882 e. The van der Waals surface area contributed by atoms with Gasteiger partial charge in [-0.05, 0) is 24.3 Å². The van der Waals surface area contributed by atoms with E-state index in [0.29, 0.717) is 12.5 Å². The molecule has 1 aromatic rings. The summed E-state index contributed by atoms with van der Waals surface area (Å²) in [5, 5.41) is 15.0. The van der Waals surface area contributed by atoms with Gasteiger partial charge in [-0.2, -0.15) is 5.10 Å². The Kier molecular flexibility index (Phi) is 4.86. The number of rotatable bonds is 5. The quantitative estimate of drug-likeness (QED) is 0.902.